The molecule has 0 aliphatic rings. The van der Waals surface area contributed by atoms with Crippen molar-refractivity contribution in [3.63, 3.8) is 0 Å². The Bertz CT molecular complexity index is 375. The van der Waals surface area contributed by atoms with Crippen molar-refractivity contribution in [2.24, 2.45) is 0 Å². The second kappa shape index (κ2) is 5.80. The number of allylic oxidation sites excluding steroid dienone is 1. The third-order valence-electron chi connectivity index (χ3n) is 2.08. The summed E-state index contributed by atoms with van der Waals surface area (Å²) in [4.78, 5) is 30.0. The minimum absolute atomic E-state index is 0.263. The van der Waals surface area contributed by atoms with Crippen LogP contribution in [0.25, 0.3) is 3.59 Å². The molecule has 0 N–H and O–H groups in total. The first-order valence-electron chi connectivity index (χ1n) is 4.76. The number of hydrogen-bond donors (Lipinski definition) is 0. The molecule has 1 aromatic rings. The molecule has 0 aromatic carbocycles. The number of pyridine rings is 1. The molecule has 0 atom stereocenters. The maximum atomic E-state index is 10.8. The van der Waals surface area contributed by atoms with Gasteiger partial charge in [0.05, 0.1) is 0 Å². The van der Waals surface area contributed by atoms with Crippen LogP contribution >= 0.6 is 0 Å². The SMILES string of the molecule is [CH3][SnH]([CH3])[C](=C(C=O)C=O)c1ccccn1. The molecule has 0 bridgehead atoms. The summed E-state index contributed by atoms with van der Waals surface area (Å²) < 4.78 is 0.905. The summed E-state index contributed by atoms with van der Waals surface area (Å²) in [6.45, 7) is 0. The summed E-state index contributed by atoms with van der Waals surface area (Å²) in [7, 11) is 0. The van der Waals surface area contributed by atoms with Crippen molar-refractivity contribution in [1.29, 1.82) is 0 Å². The molecule has 15 heavy (non-hydrogen) atoms. The van der Waals surface area contributed by atoms with Crippen molar-refractivity contribution in [3.05, 3.63) is 35.7 Å². The van der Waals surface area contributed by atoms with E-state index >= 15 is 0 Å². The van der Waals surface area contributed by atoms with Crippen LogP contribution in [0.5, 0.6) is 0 Å². The first kappa shape index (κ1) is 12.1. The molecule has 4 heteroatoms. The van der Waals surface area contributed by atoms with Crippen LogP contribution in [0.4, 0.5) is 0 Å². The van der Waals surface area contributed by atoms with Gasteiger partial charge in [-0.1, -0.05) is 0 Å². The van der Waals surface area contributed by atoms with E-state index in [0.29, 0.717) is 12.6 Å². The molecule has 3 nitrogen and oxygen atoms in total. The van der Waals surface area contributed by atoms with Crippen molar-refractivity contribution in [2.45, 2.75) is 9.88 Å². The van der Waals surface area contributed by atoms with Crippen LogP contribution in [-0.4, -0.2) is 37.3 Å². The van der Waals surface area contributed by atoms with E-state index in [0.717, 1.165) is 9.28 Å². The summed E-state index contributed by atoms with van der Waals surface area (Å²) in [5.41, 5.74) is 1.04. The molecule has 0 spiro atoms. The zero-order chi connectivity index (χ0) is 11.3. The second-order valence-electron chi connectivity index (χ2n) is 3.47. The van der Waals surface area contributed by atoms with Crippen LogP contribution in [0, 0.1) is 0 Å². The van der Waals surface area contributed by atoms with Crippen LogP contribution in [0.3, 0.4) is 0 Å². The molecule has 1 rings (SSSR count). The summed E-state index contributed by atoms with van der Waals surface area (Å²) >= 11 is -1.94. The van der Waals surface area contributed by atoms with Gasteiger partial charge in [-0.3, -0.25) is 0 Å². The Morgan fingerprint density at radius 1 is 1.27 bits per heavy atom. The van der Waals surface area contributed by atoms with Crippen LogP contribution < -0.4 is 0 Å². The zero-order valence-corrected chi connectivity index (χ0v) is 12.1. The van der Waals surface area contributed by atoms with Crippen molar-refractivity contribution < 1.29 is 9.59 Å². The Kier molecular flexibility index (Phi) is 4.68. The van der Waals surface area contributed by atoms with Gasteiger partial charge in [0.2, 0.25) is 0 Å². The van der Waals surface area contributed by atoms with Gasteiger partial charge in [0, 0.05) is 0 Å². The van der Waals surface area contributed by atoms with Crippen molar-refractivity contribution in [1.82, 2.24) is 4.98 Å². The van der Waals surface area contributed by atoms with Crippen molar-refractivity contribution in [3.8, 4) is 0 Å². The molecule has 78 valence electrons. The van der Waals surface area contributed by atoms with E-state index in [1.54, 1.807) is 6.20 Å². The van der Waals surface area contributed by atoms with E-state index in [4.69, 9.17) is 0 Å². The van der Waals surface area contributed by atoms with E-state index in [1.807, 2.05) is 18.2 Å². The molecule has 0 aliphatic heterocycles. The molecular weight excluding hydrogens is 297 g/mol. The van der Waals surface area contributed by atoms with Crippen LogP contribution in [0.2, 0.25) is 9.88 Å². The van der Waals surface area contributed by atoms with E-state index in [9.17, 15) is 9.59 Å². The molecule has 0 amide bonds. The average molecular weight is 310 g/mol. The average Bonchev–Trinajstić information content (AvgIpc) is 2.26. The Morgan fingerprint density at radius 3 is 2.33 bits per heavy atom. The molecular formula is C11H13NO2Sn. The molecule has 0 fully saturated rings. The van der Waals surface area contributed by atoms with Crippen LogP contribution in [0.1, 0.15) is 5.69 Å². The summed E-state index contributed by atoms with van der Waals surface area (Å²) in [6.07, 6.45) is 2.94. The third-order valence-corrected chi connectivity index (χ3v) is 7.17. The number of rotatable bonds is 4. The summed E-state index contributed by atoms with van der Waals surface area (Å²) in [5.74, 6) is 0. The number of nitrogens with zero attached hydrogens (tertiary/aromatic N) is 1. The Balaban J connectivity index is 3.32. The van der Waals surface area contributed by atoms with Gasteiger partial charge in [-0.2, -0.15) is 0 Å². The fourth-order valence-electron chi connectivity index (χ4n) is 1.45. The summed E-state index contributed by atoms with van der Waals surface area (Å²) in [6, 6.07) is 5.53. The number of carbonyl (C=O) groups excluding carboxylic acids is 2. The maximum absolute atomic E-state index is 10.8. The number of carbonyl (C=O) groups is 2. The standard InChI is InChI=1S/C9H6NO2.2CH3.Sn.H/c11-6-8(7-12)5-9-3-1-2-4-10-9;;;;/h1-4,6-7H;2*1H3;;. The number of hydrogen-bond acceptors (Lipinski definition) is 3. The first-order chi connectivity index (χ1) is 7.20. The van der Waals surface area contributed by atoms with Gasteiger partial charge in [-0.25, -0.2) is 0 Å². The molecule has 0 saturated heterocycles. The molecule has 1 aromatic heterocycles. The van der Waals surface area contributed by atoms with Gasteiger partial charge in [-0.15, -0.1) is 0 Å². The minimum atomic E-state index is -1.94. The normalized spacial score (nSPS) is 9.80. The topological polar surface area (TPSA) is 47.0 Å². The Hall–Kier alpha value is -0.971. The zero-order valence-electron chi connectivity index (χ0n) is 8.81. The van der Waals surface area contributed by atoms with E-state index in [-0.39, 0.29) is 5.57 Å². The number of aromatic nitrogens is 1. The molecule has 0 unspecified atom stereocenters. The van der Waals surface area contributed by atoms with Gasteiger partial charge in [0.1, 0.15) is 0 Å². The fraction of sp³-hybridized carbons (Fsp3) is 0.182. The Labute approximate surface area is 96.0 Å². The van der Waals surface area contributed by atoms with Gasteiger partial charge in [0.25, 0.3) is 0 Å². The van der Waals surface area contributed by atoms with Crippen molar-refractivity contribution in [2.75, 3.05) is 0 Å². The van der Waals surface area contributed by atoms with E-state index in [2.05, 4.69) is 14.9 Å². The molecule has 0 saturated carbocycles. The second-order valence-corrected chi connectivity index (χ2v) is 11.7. The molecule has 0 radical (unpaired) electrons. The quantitative estimate of drug-likeness (QED) is 0.277. The monoisotopic (exact) mass is 311 g/mol. The third kappa shape index (κ3) is 2.99. The fourth-order valence-corrected chi connectivity index (χ4v) is 5.92. The molecule has 0 aliphatic carbocycles. The number of aldehydes is 2. The van der Waals surface area contributed by atoms with Gasteiger partial charge in [0.15, 0.2) is 0 Å². The van der Waals surface area contributed by atoms with E-state index in [1.165, 1.54) is 0 Å². The van der Waals surface area contributed by atoms with Crippen LogP contribution in [-0.2, 0) is 9.59 Å². The predicted molar refractivity (Wildman–Crippen MR) is 62.2 cm³/mol. The van der Waals surface area contributed by atoms with Gasteiger partial charge >= 0.3 is 96.0 Å². The first-order valence-corrected chi connectivity index (χ1v) is 13.0. The van der Waals surface area contributed by atoms with Gasteiger partial charge in [-0.05, 0) is 0 Å². The Morgan fingerprint density at radius 2 is 1.93 bits per heavy atom. The van der Waals surface area contributed by atoms with Crippen LogP contribution in [0.15, 0.2) is 30.0 Å². The summed E-state index contributed by atoms with van der Waals surface area (Å²) in [5, 5.41) is 0. The van der Waals surface area contributed by atoms with Gasteiger partial charge < -0.3 is 0 Å². The van der Waals surface area contributed by atoms with E-state index < -0.39 is 19.8 Å². The predicted octanol–water partition coefficient (Wildman–Crippen LogP) is 1.26. The van der Waals surface area contributed by atoms with Crippen molar-refractivity contribution >= 4 is 35.9 Å². The molecule has 1 heterocycles.